The Bertz CT molecular complexity index is 3180. The molecule has 1 aliphatic rings. The van der Waals surface area contributed by atoms with E-state index in [0.717, 1.165) is 85.3 Å². The van der Waals surface area contributed by atoms with E-state index in [9.17, 15) is 35.9 Å². The molecule has 0 bridgehead atoms. The van der Waals surface area contributed by atoms with Crippen LogP contribution in [0.4, 0.5) is 26.3 Å². The van der Waals surface area contributed by atoms with Gasteiger partial charge in [-0.15, -0.1) is 0 Å². The molecule has 1 aliphatic heterocycles. The van der Waals surface area contributed by atoms with Gasteiger partial charge in [-0.05, 0) is 0 Å². The second-order valence-corrected chi connectivity index (χ2v) is 88.4. The second-order valence-electron chi connectivity index (χ2n) is 29.6. The van der Waals surface area contributed by atoms with E-state index in [0.29, 0.717) is 35.1 Å². The van der Waals surface area contributed by atoms with Gasteiger partial charge in [0.2, 0.25) is 0 Å². The summed E-state index contributed by atoms with van der Waals surface area (Å²) in [5.74, 6) is -1.08. The molecule has 0 spiro atoms. The van der Waals surface area contributed by atoms with Crippen LogP contribution in [-0.4, -0.2) is 263 Å². The average Bonchev–Trinajstić information content (AvgIpc) is 1.66. The van der Waals surface area contributed by atoms with E-state index in [1.54, 1.807) is 0 Å². The normalized spacial score (nSPS) is 13.3. The van der Waals surface area contributed by atoms with Gasteiger partial charge in [0.05, 0.1) is 0 Å². The van der Waals surface area contributed by atoms with E-state index in [1.165, 1.54) is 107 Å². The number of hydrogen-bond acceptors (Lipinski definition) is 15. The molecule has 3 atom stereocenters. The number of carbonyl (C=O) groups excluding carboxylic acids is 2. The molecule has 0 aromatic heterocycles. The molecule has 5 radical (unpaired) electrons. The van der Waals surface area contributed by atoms with Crippen molar-refractivity contribution in [2.45, 2.75) is 290 Å². The quantitative estimate of drug-likeness (QED) is 0.0225. The van der Waals surface area contributed by atoms with Crippen LogP contribution < -0.4 is 0 Å². The summed E-state index contributed by atoms with van der Waals surface area (Å²) in [5.41, 5.74) is 5.22. The maximum Gasteiger partial charge on any atom is -0.412 e. The summed E-state index contributed by atoms with van der Waals surface area (Å²) >= 11 is -19.7. The van der Waals surface area contributed by atoms with Crippen molar-refractivity contribution < 1.29 is 97.1 Å². The van der Waals surface area contributed by atoms with Gasteiger partial charge in [-0.2, -0.15) is 0 Å². The summed E-state index contributed by atoms with van der Waals surface area (Å²) in [7, 11) is 0. The van der Waals surface area contributed by atoms with Gasteiger partial charge in [0.25, 0.3) is 0 Å². The first-order valence-electron chi connectivity index (χ1n) is 45.4. The van der Waals surface area contributed by atoms with Crippen molar-refractivity contribution in [2.75, 3.05) is 52.9 Å². The Labute approximate surface area is 829 Å². The van der Waals surface area contributed by atoms with Crippen LogP contribution in [-0.2, 0) is 58.9 Å². The number of benzene rings is 4. The Morgan fingerprint density at radius 2 is 0.775 bits per heavy atom. The summed E-state index contributed by atoms with van der Waals surface area (Å²) in [5, 5.41) is 16.6. The van der Waals surface area contributed by atoms with Gasteiger partial charge in [-0.1, -0.05) is 0 Å². The number of allylic oxidation sites excluding steroid dienone is 4. The number of unbranched alkanes of at least 4 members (excludes halogenated alkanes) is 6. The van der Waals surface area contributed by atoms with Gasteiger partial charge in [-0.3, -0.25) is 0 Å². The zero-order valence-corrected chi connectivity index (χ0v) is 104. The number of hydrogen-bond donors (Lipinski definition) is 0. The summed E-state index contributed by atoms with van der Waals surface area (Å²) in [6, 6.07) is 45.9. The fraction of sp³-hybridized carbons (Fsp3) is 0.621. The zero-order valence-electron chi connectivity index (χ0n) is 81.3. The number of alkyl halides is 6. The maximum atomic E-state index is 13.1. The molecule has 1 heterocycles. The Balaban J connectivity index is -0.000000220. The second kappa shape index (κ2) is 94.7. The Hall–Kier alpha value is -0.830. The van der Waals surface area contributed by atoms with Crippen LogP contribution in [0.15, 0.2) is 172 Å². The minimum Gasteiger partial charge on any atom is -0.412 e. The molecule has 5 rings (SSSR count). The molecule has 0 amide bonds. The molecule has 1 saturated heterocycles. The standard InChI is InChI=1S/C14H18O4.C7H7O.2C7H7.6C4H9.4C3H5.2C2H2F3.2C2H2N.8C2H5O.5H2O.8Sn/c1-9(11-6-4-3-5-7-11)8-12(14(17)18)10(2)13(15)16;8-6-7-4-2-1-3-5-7;2*1-7-5-3-2-4-6-7;6*1-3-4-2;4*1-3-2;2*1-2(3,4)5;10*1-2-3;;;;;;;;;;;;;/h3-7,9-10,12H,8H2,1-2H3,(H,15,16)(H,17,18);1-5H,6H2;2*2-6H,1H2;6*1,3-4H2,2H3;4*3H,1-2H2;2*1H2;2*1H2;8*2H2,1H3;5*1H2;;;;;;;;/q;-1;;;;;;;;;;;;;;;;;8*-1;;;;;;5*+1;3*+2/p-2. The van der Waals surface area contributed by atoms with Gasteiger partial charge >= 0.3 is 812 Å². The van der Waals surface area contributed by atoms with Crippen molar-refractivity contribution in [2.24, 2.45) is 11.8 Å². The molecule has 0 saturated carbocycles. The smallest absolute Gasteiger partial charge is 0.412 e. The number of nitriles is 2. The molecule has 10 N–H and O–H groups in total. The van der Waals surface area contributed by atoms with Crippen molar-refractivity contribution >= 4 is 170 Å². The fourth-order valence-electron chi connectivity index (χ4n) is 12.8. The van der Waals surface area contributed by atoms with Crippen LogP contribution in [0.2, 0.25) is 62.1 Å². The largest absolute Gasteiger partial charge is 0.412 e. The van der Waals surface area contributed by atoms with E-state index in [2.05, 4.69) is 190 Å². The van der Waals surface area contributed by atoms with Crippen LogP contribution in [0.3, 0.4) is 0 Å². The third-order valence-corrected chi connectivity index (χ3v) is 80.7. The number of nitrogens with zero attached hydrogens (tertiary/aromatic N) is 2. The Kier molecular flexibility index (Phi) is 105. The summed E-state index contributed by atoms with van der Waals surface area (Å²) in [6.45, 7) is 54.3. The first-order chi connectivity index (χ1) is 59.5. The topological polar surface area (TPSA) is 341 Å². The third kappa shape index (κ3) is 77.7. The molecule has 741 valence electrons. The van der Waals surface area contributed by atoms with Gasteiger partial charge in [0.1, 0.15) is 0 Å². The van der Waals surface area contributed by atoms with Crippen molar-refractivity contribution in [3.05, 3.63) is 194 Å². The maximum absolute atomic E-state index is 13.1. The summed E-state index contributed by atoms with van der Waals surface area (Å²) in [6.07, 6.45) is 13.8. The molecule has 0 aliphatic carbocycles. The van der Waals surface area contributed by atoms with Crippen LogP contribution in [0.25, 0.3) is 0 Å². The van der Waals surface area contributed by atoms with Crippen LogP contribution in [0.5, 0.6) is 0 Å². The molecule has 20 nitrogen and oxygen atoms in total. The average molecular weight is 2690 g/mol. The number of halogens is 6. The van der Waals surface area contributed by atoms with Gasteiger partial charge in [0.15, 0.2) is 0 Å². The predicted octanol–water partition coefficient (Wildman–Crippen LogP) is 23.4. The predicted molar refractivity (Wildman–Crippen MR) is 534 cm³/mol. The number of carbonyl (C=O) groups is 2. The molecular formula is C95H169F6N2O18Sn8. The zero-order chi connectivity index (χ0) is 93.6. The van der Waals surface area contributed by atoms with E-state index in [1.807, 2.05) is 101 Å². The summed E-state index contributed by atoms with van der Waals surface area (Å²) in [4.78, 5) is 25.9. The van der Waals surface area contributed by atoms with Crippen molar-refractivity contribution in [3.63, 3.8) is 0 Å². The fourth-order valence-corrected chi connectivity index (χ4v) is 65.9. The molecule has 129 heavy (non-hydrogen) atoms. The molecule has 4 aromatic rings. The van der Waals surface area contributed by atoms with Crippen molar-refractivity contribution in [3.8, 4) is 12.1 Å². The van der Waals surface area contributed by atoms with Gasteiger partial charge in [0, 0.05) is 0 Å². The van der Waals surface area contributed by atoms with E-state index < -0.39 is 192 Å². The van der Waals surface area contributed by atoms with Crippen LogP contribution >= 0.6 is 0 Å². The number of rotatable bonds is 56. The van der Waals surface area contributed by atoms with Gasteiger partial charge in [-0.25, -0.2) is 0 Å². The van der Waals surface area contributed by atoms with E-state index in [4.69, 9.17) is 41.3 Å². The third-order valence-electron chi connectivity index (χ3n) is 18.9. The minimum atomic E-state index is -4.55. The molecule has 34 heteroatoms. The molecular weight excluding hydrogens is 2520 g/mol. The van der Waals surface area contributed by atoms with Crippen molar-refractivity contribution in [1.29, 1.82) is 10.5 Å². The van der Waals surface area contributed by atoms with Crippen molar-refractivity contribution in [1.82, 2.24) is 0 Å². The van der Waals surface area contributed by atoms with Crippen LogP contribution in [0.1, 0.15) is 222 Å². The first-order valence-corrected chi connectivity index (χ1v) is 90.5. The monoisotopic (exact) mass is 2700 g/mol. The van der Waals surface area contributed by atoms with E-state index in [-0.39, 0.29) is 51.8 Å². The molecule has 1 fully saturated rings. The van der Waals surface area contributed by atoms with Crippen LogP contribution in [0, 0.1) is 34.5 Å². The minimum absolute atomic E-state index is 0. The Morgan fingerprint density at radius 1 is 0.434 bits per heavy atom. The van der Waals surface area contributed by atoms with Gasteiger partial charge < -0.3 is 27.4 Å². The SMILES string of the molecule is C=C[CH2][Sn]([CH2]C=C)([O]CC)[O]Cc1ccccc1.C=C[CH2][Sn]([CH2]C=C)[O]CC.CCC[CH2][Sn]([CH2]CCC)([O]CC)[O]CC.CCC[CH2][Sn]([CH2]CCC)[O]CC.CCC[CH2][Sn]1([CH2]CCC)[O]C(=O)C(C)C(CC(C)c2ccccc2)C(=O)[O]1.CC[O][Sn]([CH2]C#N)[CH2]C#N.CC[O][Sn]([CH2]C(F)(F)F)[CH2]C(F)(F)F.CC[O][Sn]([CH2]c1ccccc1)[CH2]c1ccccc1.O.O.O.O.O. The molecule has 3 unspecified atom stereocenters. The summed E-state index contributed by atoms with van der Waals surface area (Å²) < 4.78 is 146. The first kappa shape index (κ1) is 144. The molecule has 4 aromatic carbocycles. The Morgan fingerprint density at radius 3 is 1.12 bits per heavy atom. The van der Waals surface area contributed by atoms with E-state index >= 15 is 0 Å².